The number of nitrogens with zero attached hydrogens (tertiary/aromatic N) is 1. The van der Waals surface area contributed by atoms with E-state index < -0.39 is 0 Å². The largest absolute Gasteiger partial charge is 0.333 e. The van der Waals surface area contributed by atoms with Crippen LogP contribution in [0.4, 0.5) is 10.1 Å². The molecule has 1 aliphatic rings. The second-order valence-electron chi connectivity index (χ2n) is 7.51. The lowest BCUT2D eigenvalue weighted by Crippen LogP contribution is -3.15. The summed E-state index contributed by atoms with van der Waals surface area (Å²) in [6.07, 6.45) is 0. The highest BCUT2D eigenvalue weighted by atomic mass is 19.1. The van der Waals surface area contributed by atoms with Gasteiger partial charge in [0.15, 0.2) is 13.1 Å². The molecular weight excluding hydrogens is 371 g/mol. The molecule has 4 N–H and O–H groups in total. The fraction of sp³-hybridized carbons (Fsp3) is 0.364. The fourth-order valence-electron chi connectivity index (χ4n) is 3.55. The third kappa shape index (κ3) is 6.37. The van der Waals surface area contributed by atoms with E-state index in [1.54, 1.807) is 12.1 Å². The van der Waals surface area contributed by atoms with Crippen LogP contribution >= 0.6 is 0 Å². The molecule has 29 heavy (non-hydrogen) atoms. The number of anilines is 1. The van der Waals surface area contributed by atoms with Gasteiger partial charge in [0.05, 0.1) is 26.2 Å². The van der Waals surface area contributed by atoms with Gasteiger partial charge < -0.3 is 20.4 Å². The number of carbonyl (C=O) groups excluding carboxylic acids is 2. The molecule has 0 bridgehead atoms. The van der Waals surface area contributed by atoms with Crippen LogP contribution < -0.4 is 15.5 Å². The Labute approximate surface area is 170 Å². The Bertz CT molecular complexity index is 823. The lowest BCUT2D eigenvalue weighted by molar-refractivity contribution is -0.895. The van der Waals surface area contributed by atoms with E-state index in [1.165, 1.54) is 17.7 Å². The van der Waals surface area contributed by atoms with Crippen LogP contribution in [0.5, 0.6) is 0 Å². The molecule has 154 valence electrons. The van der Waals surface area contributed by atoms with Crippen molar-refractivity contribution >= 4 is 17.5 Å². The Kier molecular flexibility index (Phi) is 7.32. The standard InChI is InChI=1S/C22H27FN4O2/c1-17(18-6-3-2-4-7-18)24-15-22(29)27-12-10-26(11-13-27)16-21(28)25-20-9-5-8-19(23)14-20/h2-9,14,17,24H,10-13,15-16H2,1H3,(H,25,28)/p+2/t17-/m0/s1. The summed E-state index contributed by atoms with van der Waals surface area (Å²) in [4.78, 5) is 27.7. The van der Waals surface area contributed by atoms with Gasteiger partial charge in [-0.15, -0.1) is 0 Å². The maximum absolute atomic E-state index is 13.2. The van der Waals surface area contributed by atoms with E-state index in [9.17, 15) is 14.0 Å². The number of rotatable bonds is 7. The molecule has 0 aromatic heterocycles. The minimum Gasteiger partial charge on any atom is -0.333 e. The van der Waals surface area contributed by atoms with E-state index >= 15 is 0 Å². The fourth-order valence-corrected chi connectivity index (χ4v) is 3.55. The molecule has 2 aromatic rings. The molecule has 0 aliphatic carbocycles. The van der Waals surface area contributed by atoms with E-state index in [0.29, 0.717) is 31.9 Å². The van der Waals surface area contributed by atoms with Crippen LogP contribution in [0, 0.1) is 5.82 Å². The number of halogens is 1. The second kappa shape index (κ2) is 10.1. The minimum atomic E-state index is -0.374. The molecule has 0 spiro atoms. The van der Waals surface area contributed by atoms with Crippen molar-refractivity contribution in [2.45, 2.75) is 13.0 Å². The van der Waals surface area contributed by atoms with Crippen LogP contribution in [0.2, 0.25) is 0 Å². The Morgan fingerprint density at radius 2 is 1.86 bits per heavy atom. The molecule has 1 aliphatic heterocycles. The molecule has 6 nitrogen and oxygen atoms in total. The highest BCUT2D eigenvalue weighted by molar-refractivity contribution is 5.91. The average molecular weight is 400 g/mol. The quantitative estimate of drug-likeness (QED) is 0.603. The summed E-state index contributed by atoms with van der Waals surface area (Å²) in [6.45, 7) is 5.60. The van der Waals surface area contributed by atoms with Crippen LogP contribution in [0.15, 0.2) is 54.6 Å². The molecule has 1 atom stereocenters. The van der Waals surface area contributed by atoms with Crippen molar-refractivity contribution in [3.05, 3.63) is 66.0 Å². The maximum Gasteiger partial charge on any atom is 0.279 e. The Hall–Kier alpha value is -2.77. The van der Waals surface area contributed by atoms with Gasteiger partial charge >= 0.3 is 0 Å². The highest BCUT2D eigenvalue weighted by Gasteiger charge is 2.26. The maximum atomic E-state index is 13.2. The van der Waals surface area contributed by atoms with Gasteiger partial charge in [0, 0.05) is 11.3 Å². The van der Waals surface area contributed by atoms with E-state index in [2.05, 4.69) is 29.7 Å². The van der Waals surface area contributed by atoms with Gasteiger partial charge in [-0.1, -0.05) is 36.4 Å². The third-order valence-electron chi connectivity index (χ3n) is 5.31. The molecule has 2 amide bonds. The van der Waals surface area contributed by atoms with Crippen LogP contribution in [-0.4, -0.2) is 56.0 Å². The normalized spacial score (nSPS) is 15.7. The predicted octanol–water partition coefficient (Wildman–Crippen LogP) is -0.184. The smallest absolute Gasteiger partial charge is 0.279 e. The number of nitrogens with two attached hydrogens (primary N) is 1. The second-order valence-corrected chi connectivity index (χ2v) is 7.51. The molecule has 1 heterocycles. The minimum absolute atomic E-state index is 0.135. The molecule has 0 unspecified atom stereocenters. The van der Waals surface area contributed by atoms with Crippen LogP contribution in [-0.2, 0) is 9.59 Å². The van der Waals surface area contributed by atoms with Crippen LogP contribution in [0.25, 0.3) is 0 Å². The molecule has 1 saturated heterocycles. The van der Waals surface area contributed by atoms with E-state index in [-0.39, 0.29) is 23.7 Å². The summed E-state index contributed by atoms with van der Waals surface area (Å²) < 4.78 is 13.2. The van der Waals surface area contributed by atoms with Crippen molar-refractivity contribution in [3.63, 3.8) is 0 Å². The number of hydrogen-bond acceptors (Lipinski definition) is 2. The van der Waals surface area contributed by atoms with E-state index in [1.807, 2.05) is 23.1 Å². The number of benzene rings is 2. The van der Waals surface area contributed by atoms with Crippen molar-refractivity contribution < 1.29 is 24.2 Å². The predicted molar refractivity (Wildman–Crippen MR) is 109 cm³/mol. The number of carbonyl (C=O) groups is 2. The number of quaternary nitrogens is 2. The van der Waals surface area contributed by atoms with Gasteiger partial charge in [-0.3, -0.25) is 9.59 Å². The lowest BCUT2D eigenvalue weighted by atomic mass is 10.1. The summed E-state index contributed by atoms with van der Waals surface area (Å²) in [6, 6.07) is 16.3. The molecule has 1 fully saturated rings. The summed E-state index contributed by atoms with van der Waals surface area (Å²) in [5.41, 5.74) is 1.67. The first-order valence-corrected chi connectivity index (χ1v) is 10.1. The van der Waals surface area contributed by atoms with Crippen molar-refractivity contribution in [1.29, 1.82) is 0 Å². The first-order chi connectivity index (χ1) is 14.0. The van der Waals surface area contributed by atoms with Crippen molar-refractivity contribution in [2.24, 2.45) is 0 Å². The SMILES string of the molecule is C[C@H]([NH2+]CC(=O)N1CC[NH+](CC(=O)Nc2cccc(F)c2)CC1)c1ccccc1. The number of nitrogens with one attached hydrogen (secondary N) is 2. The summed E-state index contributed by atoms with van der Waals surface area (Å²) in [5, 5.41) is 4.79. The first kappa shape index (κ1) is 21.0. The van der Waals surface area contributed by atoms with Gasteiger partial charge in [-0.25, -0.2) is 4.39 Å². The zero-order chi connectivity index (χ0) is 20.6. The molecule has 0 radical (unpaired) electrons. The van der Waals surface area contributed by atoms with E-state index in [0.717, 1.165) is 18.0 Å². The third-order valence-corrected chi connectivity index (χ3v) is 5.31. The topological polar surface area (TPSA) is 70.5 Å². The monoisotopic (exact) mass is 400 g/mol. The van der Waals surface area contributed by atoms with Gasteiger partial charge in [0.1, 0.15) is 11.9 Å². The first-order valence-electron chi connectivity index (χ1n) is 10.1. The summed E-state index contributed by atoms with van der Waals surface area (Å²) >= 11 is 0. The Morgan fingerprint density at radius 3 is 2.55 bits per heavy atom. The van der Waals surface area contributed by atoms with Crippen molar-refractivity contribution in [3.8, 4) is 0 Å². The zero-order valence-electron chi connectivity index (χ0n) is 16.7. The van der Waals surface area contributed by atoms with Gasteiger partial charge in [-0.2, -0.15) is 0 Å². The Balaban J connectivity index is 1.38. The van der Waals surface area contributed by atoms with Gasteiger partial charge in [0.2, 0.25) is 0 Å². The number of piperazine rings is 1. The van der Waals surface area contributed by atoms with Gasteiger partial charge in [0.25, 0.3) is 11.8 Å². The number of amides is 2. The lowest BCUT2D eigenvalue weighted by Gasteiger charge is -2.31. The van der Waals surface area contributed by atoms with Gasteiger partial charge in [-0.05, 0) is 25.1 Å². The van der Waals surface area contributed by atoms with Crippen molar-refractivity contribution in [1.82, 2.24) is 4.90 Å². The number of hydrogen-bond donors (Lipinski definition) is 3. The molecule has 0 saturated carbocycles. The summed E-state index contributed by atoms with van der Waals surface area (Å²) in [7, 11) is 0. The van der Waals surface area contributed by atoms with Crippen LogP contribution in [0.1, 0.15) is 18.5 Å². The van der Waals surface area contributed by atoms with Crippen molar-refractivity contribution in [2.75, 3.05) is 44.6 Å². The molecule has 3 rings (SSSR count). The molecule has 2 aromatic carbocycles. The molecule has 7 heteroatoms. The summed E-state index contributed by atoms with van der Waals surface area (Å²) in [5.74, 6) is -0.382. The van der Waals surface area contributed by atoms with Crippen LogP contribution in [0.3, 0.4) is 0 Å². The molecular formula is C22H29FN4O2+2. The Morgan fingerprint density at radius 1 is 1.14 bits per heavy atom. The average Bonchev–Trinajstić information content (AvgIpc) is 2.73. The zero-order valence-corrected chi connectivity index (χ0v) is 16.7. The highest BCUT2D eigenvalue weighted by Crippen LogP contribution is 2.08. The van der Waals surface area contributed by atoms with E-state index in [4.69, 9.17) is 0 Å².